The van der Waals surface area contributed by atoms with Gasteiger partial charge < -0.3 is 26.8 Å². The maximum atomic E-state index is 11.4. The van der Waals surface area contributed by atoms with E-state index in [2.05, 4.69) is 143 Å². The van der Waals surface area contributed by atoms with Crippen molar-refractivity contribution < 1.29 is 17.7 Å². The predicted molar refractivity (Wildman–Crippen MR) is 305 cm³/mol. The molecule has 0 saturated carbocycles. The normalized spacial score (nSPS) is 12.2. The van der Waals surface area contributed by atoms with Crippen molar-refractivity contribution in [3.8, 4) is 45.8 Å². The molecule has 0 saturated heterocycles. The highest BCUT2D eigenvalue weighted by Gasteiger charge is 2.26. The van der Waals surface area contributed by atoms with Crippen LogP contribution in [0.15, 0.2) is 224 Å². The molecule has 0 fully saturated rings. The molecule has 17 aromatic rings. The van der Waals surface area contributed by atoms with Gasteiger partial charge >= 0.3 is 0 Å². The maximum Gasteiger partial charge on any atom is 0.145 e. The molecule has 0 N–H and O–H groups in total. The van der Waals surface area contributed by atoms with Gasteiger partial charge in [0.2, 0.25) is 0 Å². The van der Waals surface area contributed by atoms with Gasteiger partial charge in [0.1, 0.15) is 56.8 Å². The Morgan fingerprint density at radius 2 is 0.645 bits per heavy atom. The van der Waals surface area contributed by atoms with Crippen molar-refractivity contribution in [1.82, 2.24) is 9.13 Å². The summed E-state index contributed by atoms with van der Waals surface area (Å²) in [6.07, 6.45) is 0. The lowest BCUT2D eigenvalue weighted by Gasteiger charge is -2.16. The fourth-order valence-electron chi connectivity index (χ4n) is 12.4. The second-order valence-electron chi connectivity index (χ2n) is 19.7. The van der Waals surface area contributed by atoms with Gasteiger partial charge in [-0.15, -0.1) is 0 Å². The first kappa shape index (κ1) is 40.8. The van der Waals surface area contributed by atoms with Crippen molar-refractivity contribution in [3.05, 3.63) is 217 Å². The molecule has 76 heavy (non-hydrogen) atoms. The zero-order chi connectivity index (χ0) is 49.9. The number of hydrogen-bond donors (Lipinski definition) is 0. The Morgan fingerprint density at radius 3 is 1.12 bits per heavy atom. The van der Waals surface area contributed by atoms with Gasteiger partial charge in [0.05, 0.1) is 49.7 Å². The zero-order valence-corrected chi connectivity index (χ0v) is 40.1. The summed E-state index contributed by atoms with van der Waals surface area (Å²) in [5, 5.41) is 34.8. The van der Waals surface area contributed by atoms with E-state index >= 15 is 0 Å². The third-order valence-corrected chi connectivity index (χ3v) is 15.8. The van der Waals surface area contributed by atoms with Crippen LogP contribution in [0.2, 0.25) is 0 Å². The van der Waals surface area contributed by atoms with Gasteiger partial charge in [0, 0.05) is 59.5 Å². The van der Waals surface area contributed by atoms with Crippen molar-refractivity contribution in [2.45, 2.75) is 0 Å². The summed E-state index contributed by atoms with van der Waals surface area (Å²) < 4.78 is 30.5. The quantitative estimate of drug-likeness (QED) is 0.174. The molecule has 0 spiro atoms. The van der Waals surface area contributed by atoms with Crippen molar-refractivity contribution in [3.63, 3.8) is 0 Å². The van der Waals surface area contributed by atoms with Gasteiger partial charge in [-0.1, -0.05) is 97.1 Å². The summed E-state index contributed by atoms with van der Waals surface area (Å²) in [5.74, 6) is 0. The van der Waals surface area contributed by atoms with Gasteiger partial charge in [-0.05, 0) is 131 Å². The monoisotopic (exact) mass is 970 g/mol. The van der Waals surface area contributed by atoms with E-state index < -0.39 is 0 Å². The fourth-order valence-corrected chi connectivity index (χ4v) is 12.4. The van der Waals surface area contributed by atoms with E-state index in [1.165, 1.54) is 0 Å². The molecule has 8 heteroatoms. The van der Waals surface area contributed by atoms with Crippen LogP contribution in [0.5, 0.6) is 0 Å². The highest BCUT2D eigenvalue weighted by atomic mass is 16.3. The van der Waals surface area contributed by atoms with E-state index in [1.807, 2.05) is 84.9 Å². The number of para-hydroxylation sites is 4. The minimum Gasteiger partial charge on any atom is -0.456 e. The van der Waals surface area contributed by atoms with Crippen LogP contribution < -0.4 is 0 Å². The molecule has 350 valence electrons. The molecule has 6 heterocycles. The van der Waals surface area contributed by atoms with E-state index in [-0.39, 0.29) is 0 Å². The molecule has 0 amide bonds. The molecule has 17 rings (SSSR count). The third kappa shape index (κ3) is 5.48. The molecule has 0 radical (unpaired) electrons. The SMILES string of the molecule is N#Cc1cc(-n2c3ccc(-c4ccc5c(c4)oc4ccccc45)cc3c3c4oc5ccccc5c4ccc32)cc(C#N)c1-n1c2ccc(-c3ccc4c(c3)oc3ccccc34)cc2c2c3oc4ccccc4c3ccc21. The number of aromatic nitrogens is 2. The van der Waals surface area contributed by atoms with Crippen molar-refractivity contribution in [2.75, 3.05) is 0 Å². The molecule has 0 aliphatic heterocycles. The molecule has 0 aliphatic rings. The summed E-state index contributed by atoms with van der Waals surface area (Å²) in [4.78, 5) is 0. The van der Waals surface area contributed by atoms with Crippen LogP contribution in [0.1, 0.15) is 11.1 Å². The van der Waals surface area contributed by atoms with Crippen LogP contribution in [0, 0.1) is 22.7 Å². The van der Waals surface area contributed by atoms with Gasteiger partial charge in [0.25, 0.3) is 0 Å². The number of hydrogen-bond acceptors (Lipinski definition) is 6. The molecule has 0 unspecified atom stereocenters. The number of fused-ring (bicyclic) bond motifs is 20. The lowest BCUT2D eigenvalue weighted by molar-refractivity contribution is 0.668. The Balaban J connectivity index is 0.900. The fraction of sp³-hybridized carbons (Fsp3) is 0. The smallest absolute Gasteiger partial charge is 0.145 e. The predicted octanol–water partition coefficient (Wildman–Crippen LogP) is 18.6. The molecule has 11 aromatic carbocycles. The number of benzene rings is 11. The summed E-state index contributed by atoms with van der Waals surface area (Å²) in [5.41, 5.74) is 15.7. The molecular formula is C68H34N4O4. The topological polar surface area (TPSA) is 110 Å². The van der Waals surface area contributed by atoms with E-state index in [1.54, 1.807) is 0 Å². The van der Waals surface area contributed by atoms with Crippen LogP contribution in [0.25, 0.3) is 165 Å². The highest BCUT2D eigenvalue weighted by molar-refractivity contribution is 6.26. The Hall–Kier alpha value is -10.8. The third-order valence-electron chi connectivity index (χ3n) is 15.8. The number of nitrogens with zero attached hydrogens (tertiary/aromatic N) is 4. The van der Waals surface area contributed by atoms with Gasteiger partial charge in [-0.25, -0.2) is 0 Å². The molecule has 6 aromatic heterocycles. The first-order valence-electron chi connectivity index (χ1n) is 25.2. The average Bonchev–Trinajstić information content (AvgIpc) is 4.38. The lowest BCUT2D eigenvalue weighted by atomic mass is 10.0. The lowest BCUT2D eigenvalue weighted by Crippen LogP contribution is -2.04. The Kier molecular flexibility index (Phi) is 7.99. The molecule has 0 atom stereocenters. The number of rotatable bonds is 4. The summed E-state index contributed by atoms with van der Waals surface area (Å²) in [6.45, 7) is 0. The van der Waals surface area contributed by atoms with Crippen LogP contribution >= 0.6 is 0 Å². The van der Waals surface area contributed by atoms with Crippen LogP contribution in [-0.2, 0) is 0 Å². The van der Waals surface area contributed by atoms with Crippen molar-refractivity contribution >= 4 is 131 Å². The van der Waals surface area contributed by atoms with Gasteiger partial charge in [-0.3, -0.25) is 0 Å². The van der Waals surface area contributed by atoms with Gasteiger partial charge in [-0.2, -0.15) is 10.5 Å². The second kappa shape index (κ2) is 14.9. The zero-order valence-electron chi connectivity index (χ0n) is 40.1. The highest BCUT2D eigenvalue weighted by Crippen LogP contribution is 2.46. The molecule has 8 nitrogen and oxygen atoms in total. The maximum absolute atomic E-state index is 11.4. The van der Waals surface area contributed by atoms with Crippen LogP contribution in [0.4, 0.5) is 0 Å². The van der Waals surface area contributed by atoms with Crippen molar-refractivity contribution in [1.29, 1.82) is 10.5 Å². The molecular weight excluding hydrogens is 937 g/mol. The standard InChI is InChI=1S/C68H34N4O4/c69-35-41-29-43(71-54-25-19-37(39-17-21-48-44-9-1-5-13-58(44)73-62(48)33-39)31-52(54)64-56(71)27-23-50-46-11-3-7-15-60(46)75-67(50)64)30-42(36-70)66(41)72-55-26-20-38(40-18-22-49-45-10-2-6-14-59(45)74-63(49)34-40)32-53(55)65-57(72)28-24-51-47-12-4-8-16-61(47)76-68(51)65/h1-34H. The molecule has 0 aliphatic carbocycles. The Morgan fingerprint density at radius 1 is 0.289 bits per heavy atom. The summed E-state index contributed by atoms with van der Waals surface area (Å²) >= 11 is 0. The number of furan rings is 4. The minimum absolute atomic E-state index is 0.340. The van der Waals surface area contributed by atoms with E-state index in [9.17, 15) is 10.5 Å². The van der Waals surface area contributed by atoms with E-state index in [0.717, 1.165) is 154 Å². The minimum atomic E-state index is 0.340. The average molecular weight is 971 g/mol. The van der Waals surface area contributed by atoms with Crippen LogP contribution in [-0.4, -0.2) is 9.13 Å². The van der Waals surface area contributed by atoms with Crippen LogP contribution in [0.3, 0.4) is 0 Å². The first-order chi connectivity index (χ1) is 37.6. The number of nitriles is 2. The second-order valence-corrected chi connectivity index (χ2v) is 19.7. The van der Waals surface area contributed by atoms with E-state index in [4.69, 9.17) is 17.7 Å². The Labute approximate surface area is 429 Å². The Bertz CT molecular complexity index is 5490. The summed E-state index contributed by atoms with van der Waals surface area (Å²) in [6, 6.07) is 75.4. The van der Waals surface area contributed by atoms with Crippen molar-refractivity contribution in [2.24, 2.45) is 0 Å². The molecule has 0 bridgehead atoms. The first-order valence-corrected chi connectivity index (χ1v) is 25.2. The van der Waals surface area contributed by atoms with Gasteiger partial charge in [0.15, 0.2) is 0 Å². The largest absolute Gasteiger partial charge is 0.456 e. The summed E-state index contributed by atoms with van der Waals surface area (Å²) in [7, 11) is 0. The van der Waals surface area contributed by atoms with E-state index in [0.29, 0.717) is 22.5 Å².